The van der Waals surface area contributed by atoms with Crippen LogP contribution in [0.15, 0.2) is 18.2 Å². The lowest BCUT2D eigenvalue weighted by Crippen LogP contribution is -2.63. The lowest BCUT2D eigenvalue weighted by atomic mass is 9.51. The number of benzene rings is 1. The van der Waals surface area contributed by atoms with Crippen molar-refractivity contribution in [2.75, 3.05) is 13.1 Å². The van der Waals surface area contributed by atoms with E-state index >= 15 is 0 Å². The number of aliphatic hydroxyl groups is 1. The van der Waals surface area contributed by atoms with Crippen molar-refractivity contribution in [2.45, 2.75) is 68.9 Å². The second-order valence-electron chi connectivity index (χ2n) is 9.25. The fourth-order valence-electron chi connectivity index (χ4n) is 6.48. The van der Waals surface area contributed by atoms with Crippen molar-refractivity contribution in [1.82, 2.24) is 4.90 Å². The Bertz CT molecular complexity index is 729. The average molecular weight is 354 g/mol. The van der Waals surface area contributed by atoms with Gasteiger partial charge in [0.05, 0.1) is 6.10 Å². The Kier molecular flexibility index (Phi) is 3.91. The van der Waals surface area contributed by atoms with Crippen molar-refractivity contribution in [1.29, 1.82) is 0 Å². The first kappa shape index (κ1) is 16.8. The third-order valence-corrected chi connectivity index (χ3v) is 7.98. The average Bonchev–Trinajstić information content (AvgIpc) is 2.58. The maximum Gasteiger partial charge on any atom is 0.248 e. The van der Waals surface area contributed by atoms with Crippen molar-refractivity contribution in [3.8, 4) is 0 Å². The zero-order valence-electron chi connectivity index (χ0n) is 15.5. The van der Waals surface area contributed by atoms with Crippen molar-refractivity contribution < 1.29 is 9.90 Å². The zero-order valence-corrected chi connectivity index (χ0v) is 15.5. The van der Waals surface area contributed by atoms with Crippen molar-refractivity contribution in [3.05, 3.63) is 34.9 Å². The molecule has 0 aromatic heterocycles. The van der Waals surface area contributed by atoms with E-state index in [0.717, 1.165) is 44.6 Å². The quantitative estimate of drug-likeness (QED) is 0.877. The van der Waals surface area contributed by atoms with Crippen LogP contribution in [-0.2, 0) is 11.8 Å². The molecule has 1 aromatic rings. The Morgan fingerprint density at radius 2 is 2.12 bits per heavy atom. The van der Waals surface area contributed by atoms with Crippen LogP contribution in [0.5, 0.6) is 0 Å². The van der Waals surface area contributed by atoms with Gasteiger partial charge in [0.2, 0.25) is 5.91 Å². The van der Waals surface area contributed by atoms with Gasteiger partial charge < -0.3 is 10.8 Å². The summed E-state index contributed by atoms with van der Waals surface area (Å²) in [4.78, 5) is 14.5. The number of likely N-dealkylation sites (tertiary alicyclic amines) is 1. The molecule has 1 saturated heterocycles. The third kappa shape index (κ3) is 2.45. The first-order valence-corrected chi connectivity index (χ1v) is 10.4. The summed E-state index contributed by atoms with van der Waals surface area (Å²) in [6.45, 7) is 2.39. The molecular formula is C22H30N2O2. The number of nitrogens with two attached hydrogens (primary N) is 1. The molecule has 140 valence electrons. The molecule has 1 unspecified atom stereocenters. The van der Waals surface area contributed by atoms with Gasteiger partial charge in [-0.1, -0.05) is 12.5 Å². The second-order valence-corrected chi connectivity index (χ2v) is 9.25. The molecule has 4 aliphatic rings. The summed E-state index contributed by atoms with van der Waals surface area (Å²) >= 11 is 0. The minimum atomic E-state index is -0.346. The summed E-state index contributed by atoms with van der Waals surface area (Å²) < 4.78 is 0. The molecule has 1 heterocycles. The first-order valence-electron chi connectivity index (χ1n) is 10.4. The normalized spacial score (nSPS) is 36.7. The maximum absolute atomic E-state index is 11.8. The molecule has 0 radical (unpaired) electrons. The predicted octanol–water partition coefficient (Wildman–Crippen LogP) is 2.61. The summed E-state index contributed by atoms with van der Waals surface area (Å²) in [5, 5.41) is 10.5. The lowest BCUT2D eigenvalue weighted by Gasteiger charge is -2.60. The summed E-state index contributed by atoms with van der Waals surface area (Å²) in [5.74, 6) is 1.16. The molecule has 1 aliphatic heterocycles. The summed E-state index contributed by atoms with van der Waals surface area (Å²) in [5.41, 5.74) is 8.92. The second kappa shape index (κ2) is 6.07. The van der Waals surface area contributed by atoms with E-state index in [9.17, 15) is 9.90 Å². The van der Waals surface area contributed by atoms with Gasteiger partial charge in [0.1, 0.15) is 0 Å². The number of hydrogen-bond donors (Lipinski definition) is 2. The first-order chi connectivity index (χ1) is 12.6. The number of nitrogens with zero attached hydrogens (tertiary/aromatic N) is 1. The van der Waals surface area contributed by atoms with E-state index in [1.54, 1.807) is 0 Å². The molecule has 3 fully saturated rings. The Hall–Kier alpha value is -1.39. The summed E-state index contributed by atoms with van der Waals surface area (Å²) in [6.07, 6.45) is 9.05. The monoisotopic (exact) mass is 354 g/mol. The molecule has 4 heteroatoms. The Labute approximate surface area is 155 Å². The molecule has 2 saturated carbocycles. The molecule has 4 atom stereocenters. The Balaban J connectivity index is 1.55. The van der Waals surface area contributed by atoms with Gasteiger partial charge in [-0.2, -0.15) is 0 Å². The van der Waals surface area contributed by atoms with Gasteiger partial charge in [-0.25, -0.2) is 0 Å². The number of fused-ring (bicyclic) bond motifs is 1. The number of carbonyl (C=O) groups is 1. The maximum atomic E-state index is 11.8. The van der Waals surface area contributed by atoms with Crippen LogP contribution in [0.2, 0.25) is 0 Å². The molecule has 3 N–H and O–H groups in total. The van der Waals surface area contributed by atoms with Gasteiger partial charge in [0.25, 0.3) is 0 Å². The Morgan fingerprint density at radius 3 is 2.85 bits per heavy atom. The molecule has 4 nitrogen and oxygen atoms in total. The largest absolute Gasteiger partial charge is 0.393 e. The third-order valence-electron chi connectivity index (χ3n) is 7.98. The van der Waals surface area contributed by atoms with Gasteiger partial charge in [0.15, 0.2) is 0 Å². The molecule has 0 spiro atoms. The number of amides is 1. The standard InChI is InChI=1S/C22H30N2O2/c23-21(26)16-5-4-15-11-20-18-7-6-17(25)12-22(18,19(15)10-16)8-9-24(20)13-14-2-1-3-14/h4-5,10,14,17-18,20,25H,1-3,6-9,11-13H2,(H2,23,26)/t17-,18-,20+,22?/m0/s1. The van der Waals surface area contributed by atoms with E-state index in [2.05, 4.69) is 17.0 Å². The van der Waals surface area contributed by atoms with Crippen molar-refractivity contribution in [3.63, 3.8) is 0 Å². The van der Waals surface area contributed by atoms with Gasteiger partial charge in [-0.15, -0.1) is 0 Å². The number of piperidine rings is 1. The lowest BCUT2D eigenvalue weighted by molar-refractivity contribution is -0.0556. The van der Waals surface area contributed by atoms with Gasteiger partial charge in [0, 0.05) is 23.6 Å². The summed E-state index contributed by atoms with van der Waals surface area (Å²) in [6, 6.07) is 6.68. The molecule has 3 aliphatic carbocycles. The highest BCUT2D eigenvalue weighted by atomic mass is 16.3. The smallest absolute Gasteiger partial charge is 0.248 e. The van der Waals surface area contributed by atoms with Crippen LogP contribution in [0, 0.1) is 11.8 Å². The SMILES string of the molecule is NC(=O)c1ccc2c(c1)C13CCN(CC4CCC4)[C@H](C2)[C@@H]1CC[C@H](O)C3. The molecule has 26 heavy (non-hydrogen) atoms. The number of primary amides is 1. The van der Waals surface area contributed by atoms with Crippen LogP contribution in [-0.4, -0.2) is 41.1 Å². The van der Waals surface area contributed by atoms with Crippen LogP contribution in [0.4, 0.5) is 0 Å². The Morgan fingerprint density at radius 1 is 1.27 bits per heavy atom. The highest BCUT2D eigenvalue weighted by Gasteiger charge is 2.55. The van der Waals surface area contributed by atoms with E-state index < -0.39 is 0 Å². The van der Waals surface area contributed by atoms with Gasteiger partial charge in [-0.3, -0.25) is 9.69 Å². The number of rotatable bonds is 3. The van der Waals surface area contributed by atoms with Crippen LogP contribution in [0.1, 0.15) is 66.4 Å². The predicted molar refractivity (Wildman–Crippen MR) is 101 cm³/mol. The fraction of sp³-hybridized carbons (Fsp3) is 0.682. The molecule has 1 aromatic carbocycles. The van der Waals surface area contributed by atoms with E-state index in [4.69, 9.17) is 5.73 Å². The van der Waals surface area contributed by atoms with Gasteiger partial charge >= 0.3 is 0 Å². The van der Waals surface area contributed by atoms with E-state index in [1.165, 1.54) is 36.9 Å². The van der Waals surface area contributed by atoms with Gasteiger partial charge in [-0.05, 0) is 86.6 Å². The minimum absolute atomic E-state index is 0.0392. The molecular weight excluding hydrogens is 324 g/mol. The van der Waals surface area contributed by atoms with E-state index in [0.29, 0.717) is 17.5 Å². The van der Waals surface area contributed by atoms with E-state index in [-0.39, 0.29) is 17.4 Å². The van der Waals surface area contributed by atoms with Crippen molar-refractivity contribution in [2.24, 2.45) is 17.6 Å². The highest BCUT2D eigenvalue weighted by Crippen LogP contribution is 2.56. The van der Waals surface area contributed by atoms with Crippen LogP contribution < -0.4 is 5.73 Å². The van der Waals surface area contributed by atoms with Crippen LogP contribution >= 0.6 is 0 Å². The van der Waals surface area contributed by atoms with E-state index in [1.807, 2.05) is 6.07 Å². The highest BCUT2D eigenvalue weighted by molar-refractivity contribution is 5.93. The minimum Gasteiger partial charge on any atom is -0.393 e. The number of carbonyl (C=O) groups excluding carboxylic acids is 1. The zero-order chi connectivity index (χ0) is 17.9. The van der Waals surface area contributed by atoms with Crippen molar-refractivity contribution >= 4 is 5.91 Å². The summed E-state index contributed by atoms with van der Waals surface area (Å²) in [7, 11) is 0. The van der Waals surface area contributed by atoms with Crippen LogP contribution in [0.3, 0.4) is 0 Å². The van der Waals surface area contributed by atoms with Crippen LogP contribution in [0.25, 0.3) is 0 Å². The molecule has 5 rings (SSSR count). The number of hydrogen-bond acceptors (Lipinski definition) is 3. The fourth-order valence-corrected chi connectivity index (χ4v) is 6.48. The topological polar surface area (TPSA) is 66.6 Å². The number of aliphatic hydroxyl groups excluding tert-OH is 1. The molecule has 2 bridgehead atoms. The molecule has 1 amide bonds.